The van der Waals surface area contributed by atoms with Crippen LogP contribution in [0.3, 0.4) is 0 Å². The summed E-state index contributed by atoms with van der Waals surface area (Å²) in [4.78, 5) is 37.0. The average Bonchev–Trinajstić information content (AvgIpc) is 2.48. The van der Waals surface area contributed by atoms with Gasteiger partial charge in [-0.15, -0.1) is 0 Å². The van der Waals surface area contributed by atoms with Gasteiger partial charge in [0.15, 0.2) is 0 Å². The summed E-state index contributed by atoms with van der Waals surface area (Å²) in [5.74, 6) is -1.16. The third-order valence-corrected chi connectivity index (χ3v) is 4.03. The predicted octanol–water partition coefficient (Wildman–Crippen LogP) is 1.91. The van der Waals surface area contributed by atoms with Gasteiger partial charge in [0.2, 0.25) is 0 Å². The molecule has 0 saturated carbocycles. The van der Waals surface area contributed by atoms with Gasteiger partial charge in [-0.25, -0.2) is 4.79 Å². The number of hydrogen-bond acceptors (Lipinski definition) is 3. The number of carbonyl (C=O) groups excluding carboxylic acids is 3. The topological polar surface area (TPSA) is 105 Å². The van der Waals surface area contributed by atoms with E-state index in [4.69, 9.17) is 5.73 Å². The van der Waals surface area contributed by atoms with Crippen LogP contribution in [0, 0.1) is 0 Å². The molecule has 23 heavy (non-hydrogen) atoms. The molecule has 2 atom stereocenters. The molecule has 0 aliphatic carbocycles. The standard InChI is InChI=1S/C16H22N4O3/c1-10-4-3-5-11(2)20(10)15(22)14(21)18-12-6-8-13(9-7-12)19-16(17)23/h6-11H,3-5H2,1-2H3,(H,18,21)(H3,17,19,23)/t10-,11+. The van der Waals surface area contributed by atoms with E-state index in [0.29, 0.717) is 11.4 Å². The van der Waals surface area contributed by atoms with Crippen molar-refractivity contribution in [3.8, 4) is 0 Å². The second-order valence-corrected chi connectivity index (χ2v) is 5.86. The van der Waals surface area contributed by atoms with Crippen LogP contribution in [0.2, 0.25) is 0 Å². The maximum atomic E-state index is 12.4. The van der Waals surface area contributed by atoms with Crippen LogP contribution < -0.4 is 16.4 Å². The largest absolute Gasteiger partial charge is 0.351 e. The number of piperidine rings is 1. The van der Waals surface area contributed by atoms with Gasteiger partial charge in [0.05, 0.1) is 0 Å². The number of urea groups is 1. The molecule has 1 aromatic rings. The zero-order valence-electron chi connectivity index (χ0n) is 13.3. The molecule has 0 radical (unpaired) electrons. The maximum Gasteiger partial charge on any atom is 0.316 e. The van der Waals surface area contributed by atoms with Crippen molar-refractivity contribution >= 4 is 29.2 Å². The number of anilines is 2. The third-order valence-electron chi connectivity index (χ3n) is 4.03. The summed E-state index contributed by atoms with van der Waals surface area (Å²) >= 11 is 0. The summed E-state index contributed by atoms with van der Waals surface area (Å²) in [7, 11) is 0. The highest BCUT2D eigenvalue weighted by Gasteiger charge is 2.32. The van der Waals surface area contributed by atoms with E-state index in [1.54, 1.807) is 29.2 Å². The van der Waals surface area contributed by atoms with Crippen molar-refractivity contribution in [1.29, 1.82) is 0 Å². The Morgan fingerprint density at radius 1 is 1.00 bits per heavy atom. The van der Waals surface area contributed by atoms with Gasteiger partial charge in [-0.05, 0) is 57.4 Å². The number of amides is 4. The molecule has 1 saturated heterocycles. The van der Waals surface area contributed by atoms with Crippen molar-refractivity contribution in [2.45, 2.75) is 45.2 Å². The van der Waals surface area contributed by atoms with Crippen LogP contribution in [0.5, 0.6) is 0 Å². The number of likely N-dealkylation sites (tertiary alicyclic amines) is 1. The van der Waals surface area contributed by atoms with Crippen molar-refractivity contribution in [3.63, 3.8) is 0 Å². The molecule has 4 N–H and O–H groups in total. The molecular weight excluding hydrogens is 296 g/mol. The van der Waals surface area contributed by atoms with E-state index < -0.39 is 17.8 Å². The number of primary amides is 1. The molecule has 0 spiro atoms. The Hall–Kier alpha value is -2.57. The fourth-order valence-electron chi connectivity index (χ4n) is 2.90. The van der Waals surface area contributed by atoms with Crippen LogP contribution in [0.25, 0.3) is 0 Å². The Morgan fingerprint density at radius 3 is 1.96 bits per heavy atom. The zero-order chi connectivity index (χ0) is 17.0. The lowest BCUT2D eigenvalue weighted by Crippen LogP contribution is -2.51. The van der Waals surface area contributed by atoms with Crippen LogP contribution in [0.4, 0.5) is 16.2 Å². The van der Waals surface area contributed by atoms with Crippen LogP contribution in [-0.4, -0.2) is 34.8 Å². The minimum Gasteiger partial charge on any atom is -0.351 e. The lowest BCUT2D eigenvalue weighted by atomic mass is 9.97. The lowest BCUT2D eigenvalue weighted by Gasteiger charge is -2.38. The van der Waals surface area contributed by atoms with Gasteiger partial charge < -0.3 is 21.3 Å². The molecule has 1 fully saturated rings. The Morgan fingerprint density at radius 2 is 1.48 bits per heavy atom. The summed E-state index contributed by atoms with van der Waals surface area (Å²) in [6.07, 6.45) is 2.90. The van der Waals surface area contributed by atoms with Crippen molar-refractivity contribution in [2.24, 2.45) is 5.73 Å². The quantitative estimate of drug-likeness (QED) is 0.725. The number of nitrogens with one attached hydrogen (secondary N) is 2. The molecule has 1 aliphatic rings. The van der Waals surface area contributed by atoms with Gasteiger partial charge in [-0.2, -0.15) is 0 Å². The van der Waals surface area contributed by atoms with E-state index in [-0.39, 0.29) is 12.1 Å². The maximum absolute atomic E-state index is 12.4. The van der Waals surface area contributed by atoms with Gasteiger partial charge in [-0.1, -0.05) is 0 Å². The van der Waals surface area contributed by atoms with Crippen molar-refractivity contribution in [1.82, 2.24) is 4.90 Å². The molecule has 0 unspecified atom stereocenters. The van der Waals surface area contributed by atoms with Gasteiger partial charge >= 0.3 is 17.8 Å². The molecule has 0 bridgehead atoms. The highest BCUT2D eigenvalue weighted by atomic mass is 16.2. The smallest absolute Gasteiger partial charge is 0.316 e. The van der Waals surface area contributed by atoms with E-state index in [1.807, 2.05) is 13.8 Å². The predicted molar refractivity (Wildman–Crippen MR) is 87.9 cm³/mol. The lowest BCUT2D eigenvalue weighted by molar-refractivity contribution is -0.147. The first-order valence-electron chi connectivity index (χ1n) is 7.68. The van der Waals surface area contributed by atoms with E-state index in [0.717, 1.165) is 19.3 Å². The highest BCUT2D eigenvalue weighted by Crippen LogP contribution is 2.23. The van der Waals surface area contributed by atoms with Gasteiger partial charge in [0, 0.05) is 23.5 Å². The SMILES string of the molecule is C[C@@H]1CCC[C@H](C)N1C(=O)C(=O)Nc1ccc(NC(N)=O)cc1. The van der Waals surface area contributed by atoms with Crippen molar-refractivity contribution in [2.75, 3.05) is 10.6 Å². The molecule has 4 amide bonds. The fourth-order valence-corrected chi connectivity index (χ4v) is 2.90. The molecule has 1 aliphatic heterocycles. The van der Waals surface area contributed by atoms with E-state index in [9.17, 15) is 14.4 Å². The van der Waals surface area contributed by atoms with Crippen LogP contribution in [0.15, 0.2) is 24.3 Å². The second-order valence-electron chi connectivity index (χ2n) is 5.86. The first-order valence-corrected chi connectivity index (χ1v) is 7.68. The van der Waals surface area contributed by atoms with Crippen molar-refractivity contribution < 1.29 is 14.4 Å². The summed E-state index contributed by atoms with van der Waals surface area (Å²) < 4.78 is 0. The summed E-state index contributed by atoms with van der Waals surface area (Å²) in [6, 6.07) is 5.86. The van der Waals surface area contributed by atoms with Gasteiger partial charge in [0.1, 0.15) is 0 Å². The summed E-state index contributed by atoms with van der Waals surface area (Å²) in [5.41, 5.74) is 6.02. The van der Waals surface area contributed by atoms with Gasteiger partial charge in [-0.3, -0.25) is 9.59 Å². The zero-order valence-corrected chi connectivity index (χ0v) is 13.3. The molecule has 1 aromatic carbocycles. The highest BCUT2D eigenvalue weighted by molar-refractivity contribution is 6.39. The van der Waals surface area contributed by atoms with E-state index in [2.05, 4.69) is 10.6 Å². The number of nitrogens with zero attached hydrogens (tertiary/aromatic N) is 1. The molecule has 2 rings (SSSR count). The Bertz CT molecular complexity index is 590. The molecule has 124 valence electrons. The molecule has 1 heterocycles. The minimum atomic E-state index is -0.662. The third kappa shape index (κ3) is 4.21. The Kier molecular flexibility index (Phi) is 5.20. The Labute approximate surface area is 135 Å². The normalized spacial score (nSPS) is 20.7. The molecule has 7 heteroatoms. The van der Waals surface area contributed by atoms with Gasteiger partial charge in [0.25, 0.3) is 0 Å². The van der Waals surface area contributed by atoms with Crippen molar-refractivity contribution in [3.05, 3.63) is 24.3 Å². The number of nitrogens with two attached hydrogens (primary N) is 1. The first kappa shape index (κ1) is 16.8. The van der Waals surface area contributed by atoms with E-state index in [1.165, 1.54) is 0 Å². The molecular formula is C16H22N4O3. The minimum absolute atomic E-state index is 0.0687. The van der Waals surface area contributed by atoms with Crippen LogP contribution >= 0.6 is 0 Å². The Balaban J connectivity index is 2.00. The monoisotopic (exact) mass is 318 g/mol. The number of carbonyl (C=O) groups is 3. The molecule has 0 aromatic heterocycles. The van der Waals surface area contributed by atoms with E-state index >= 15 is 0 Å². The van der Waals surface area contributed by atoms with Crippen LogP contribution in [0.1, 0.15) is 33.1 Å². The van der Waals surface area contributed by atoms with Crippen LogP contribution in [-0.2, 0) is 9.59 Å². The fraction of sp³-hybridized carbons (Fsp3) is 0.438. The number of benzene rings is 1. The molecule has 7 nitrogen and oxygen atoms in total. The average molecular weight is 318 g/mol. The first-order chi connectivity index (χ1) is 10.9. The number of hydrogen-bond donors (Lipinski definition) is 3. The number of rotatable bonds is 2. The summed E-state index contributed by atoms with van der Waals surface area (Å²) in [5, 5.41) is 5.01. The summed E-state index contributed by atoms with van der Waals surface area (Å²) in [6.45, 7) is 3.93. The second kappa shape index (κ2) is 7.13.